The van der Waals surface area contributed by atoms with Crippen molar-refractivity contribution in [1.29, 1.82) is 0 Å². The van der Waals surface area contributed by atoms with Crippen LogP contribution in [0.1, 0.15) is 18.9 Å². The molecule has 5 heteroatoms. The normalized spacial score (nSPS) is 11.1. The van der Waals surface area contributed by atoms with E-state index in [0.717, 1.165) is 22.1 Å². The number of hydrogen-bond donors (Lipinski definition) is 1. The highest BCUT2D eigenvalue weighted by Gasteiger charge is 2.06. The van der Waals surface area contributed by atoms with Gasteiger partial charge in [0.2, 0.25) is 0 Å². The molecule has 1 aromatic carbocycles. The van der Waals surface area contributed by atoms with E-state index in [0.29, 0.717) is 6.04 Å². The van der Waals surface area contributed by atoms with Gasteiger partial charge in [0.15, 0.2) is 0 Å². The molecule has 17 heavy (non-hydrogen) atoms. The first-order chi connectivity index (χ1) is 8.15. The third kappa shape index (κ3) is 3.31. The number of aromatic nitrogens is 2. The molecule has 0 unspecified atom stereocenters. The van der Waals surface area contributed by atoms with Gasteiger partial charge in [-0.2, -0.15) is 0 Å². The molecule has 0 amide bonds. The zero-order valence-electron chi connectivity index (χ0n) is 9.77. The third-order valence-corrected chi connectivity index (χ3v) is 3.19. The first kappa shape index (κ1) is 12.1. The van der Waals surface area contributed by atoms with E-state index in [-0.39, 0.29) is 5.82 Å². The monoisotopic (exact) mass is 251 g/mol. The number of nitrogens with zero attached hydrogens (tertiary/aromatic N) is 2. The molecule has 2 aromatic rings. The zero-order chi connectivity index (χ0) is 12.3. The fraction of sp³-hybridized carbons (Fsp3) is 0.333. The summed E-state index contributed by atoms with van der Waals surface area (Å²) >= 11 is 1.53. The van der Waals surface area contributed by atoms with Gasteiger partial charge in [-0.15, -0.1) is 10.2 Å². The maximum atomic E-state index is 12.8. The quantitative estimate of drug-likeness (QED) is 0.908. The van der Waals surface area contributed by atoms with Crippen molar-refractivity contribution in [3.8, 4) is 10.6 Å². The molecule has 0 saturated heterocycles. The largest absolute Gasteiger partial charge is 0.308 e. The molecule has 0 bridgehead atoms. The highest BCUT2D eigenvalue weighted by atomic mass is 32.1. The summed E-state index contributed by atoms with van der Waals surface area (Å²) in [6.45, 7) is 4.89. The fourth-order valence-corrected chi connectivity index (χ4v) is 2.12. The predicted octanol–water partition coefficient (Wildman–Crippen LogP) is 2.84. The minimum atomic E-state index is -0.236. The molecular formula is C12H14FN3S. The van der Waals surface area contributed by atoms with Crippen LogP contribution in [0.3, 0.4) is 0 Å². The molecule has 0 aliphatic rings. The molecule has 0 fully saturated rings. The minimum absolute atomic E-state index is 0.236. The van der Waals surface area contributed by atoms with Crippen molar-refractivity contribution in [2.45, 2.75) is 26.4 Å². The minimum Gasteiger partial charge on any atom is -0.308 e. The molecule has 0 aliphatic heterocycles. The van der Waals surface area contributed by atoms with Gasteiger partial charge in [0.05, 0.1) is 0 Å². The van der Waals surface area contributed by atoms with Gasteiger partial charge in [-0.1, -0.05) is 25.2 Å². The van der Waals surface area contributed by atoms with E-state index in [1.54, 1.807) is 12.1 Å². The first-order valence-electron chi connectivity index (χ1n) is 5.47. The van der Waals surface area contributed by atoms with E-state index in [4.69, 9.17) is 0 Å². The second kappa shape index (κ2) is 5.33. The van der Waals surface area contributed by atoms with Gasteiger partial charge in [-0.25, -0.2) is 4.39 Å². The van der Waals surface area contributed by atoms with Crippen molar-refractivity contribution in [1.82, 2.24) is 15.5 Å². The maximum Gasteiger partial charge on any atom is 0.147 e. The predicted molar refractivity (Wildman–Crippen MR) is 67.3 cm³/mol. The van der Waals surface area contributed by atoms with Crippen LogP contribution in [0.15, 0.2) is 24.3 Å². The standard InChI is InChI=1S/C12H14FN3S/c1-8(2)14-7-11-15-16-12(17-11)9-3-5-10(13)6-4-9/h3-6,8,14H,7H2,1-2H3. The van der Waals surface area contributed by atoms with E-state index >= 15 is 0 Å². The van der Waals surface area contributed by atoms with Crippen molar-refractivity contribution >= 4 is 11.3 Å². The van der Waals surface area contributed by atoms with Gasteiger partial charge >= 0.3 is 0 Å². The molecule has 2 rings (SSSR count). The summed E-state index contributed by atoms with van der Waals surface area (Å²) < 4.78 is 12.8. The Kier molecular flexibility index (Phi) is 3.81. The summed E-state index contributed by atoms with van der Waals surface area (Å²) in [5.74, 6) is -0.236. The lowest BCUT2D eigenvalue weighted by Crippen LogP contribution is -2.21. The van der Waals surface area contributed by atoms with Gasteiger partial charge in [-0.3, -0.25) is 0 Å². The Labute approximate surface area is 104 Å². The van der Waals surface area contributed by atoms with Crippen LogP contribution in [0, 0.1) is 5.82 Å². The molecule has 0 atom stereocenters. The summed E-state index contributed by atoms with van der Waals surface area (Å²) in [6, 6.07) is 6.73. The van der Waals surface area contributed by atoms with E-state index in [9.17, 15) is 4.39 Å². The zero-order valence-corrected chi connectivity index (χ0v) is 10.6. The molecule has 1 aromatic heterocycles. The molecule has 3 nitrogen and oxygen atoms in total. The summed E-state index contributed by atoms with van der Waals surface area (Å²) in [6.07, 6.45) is 0. The Morgan fingerprint density at radius 3 is 2.59 bits per heavy atom. The van der Waals surface area contributed by atoms with Crippen molar-refractivity contribution < 1.29 is 4.39 Å². The maximum absolute atomic E-state index is 12.8. The van der Waals surface area contributed by atoms with Gasteiger partial charge in [0.1, 0.15) is 15.8 Å². The van der Waals surface area contributed by atoms with Crippen molar-refractivity contribution in [3.63, 3.8) is 0 Å². The summed E-state index contributed by atoms with van der Waals surface area (Å²) in [4.78, 5) is 0. The lowest BCUT2D eigenvalue weighted by atomic mass is 10.2. The molecule has 0 saturated carbocycles. The van der Waals surface area contributed by atoms with Crippen LogP contribution in [0.4, 0.5) is 4.39 Å². The van der Waals surface area contributed by atoms with Crippen LogP contribution in [0.2, 0.25) is 0 Å². The Bertz CT molecular complexity index is 479. The van der Waals surface area contributed by atoms with Gasteiger partial charge in [-0.05, 0) is 24.3 Å². The summed E-state index contributed by atoms with van der Waals surface area (Å²) in [7, 11) is 0. The number of hydrogen-bond acceptors (Lipinski definition) is 4. The van der Waals surface area contributed by atoms with E-state index in [1.807, 2.05) is 0 Å². The Hall–Kier alpha value is -1.33. The topological polar surface area (TPSA) is 37.8 Å². The third-order valence-electron chi connectivity index (χ3n) is 2.22. The first-order valence-corrected chi connectivity index (χ1v) is 6.28. The molecule has 0 spiro atoms. The van der Waals surface area contributed by atoms with Crippen LogP contribution in [-0.2, 0) is 6.54 Å². The average Bonchev–Trinajstić information content (AvgIpc) is 2.76. The molecule has 1 heterocycles. The second-order valence-corrected chi connectivity index (χ2v) is 5.11. The van der Waals surface area contributed by atoms with Crippen LogP contribution < -0.4 is 5.32 Å². The molecule has 90 valence electrons. The fourth-order valence-electron chi connectivity index (χ4n) is 1.33. The summed E-state index contributed by atoms with van der Waals surface area (Å²) in [5.41, 5.74) is 0.902. The smallest absolute Gasteiger partial charge is 0.147 e. The Balaban J connectivity index is 2.10. The van der Waals surface area contributed by atoms with Gasteiger partial charge in [0.25, 0.3) is 0 Å². The van der Waals surface area contributed by atoms with Gasteiger partial charge in [0, 0.05) is 18.2 Å². The highest BCUT2D eigenvalue weighted by molar-refractivity contribution is 7.14. The van der Waals surface area contributed by atoms with Crippen molar-refractivity contribution in [2.24, 2.45) is 0 Å². The molecular weight excluding hydrogens is 237 g/mol. The lowest BCUT2D eigenvalue weighted by molar-refractivity contribution is 0.585. The van der Waals surface area contributed by atoms with Crippen LogP contribution in [0.25, 0.3) is 10.6 Å². The summed E-state index contributed by atoms with van der Waals surface area (Å²) in [5, 5.41) is 13.3. The lowest BCUT2D eigenvalue weighted by Gasteiger charge is -2.03. The molecule has 0 radical (unpaired) electrons. The Morgan fingerprint density at radius 1 is 1.24 bits per heavy atom. The van der Waals surface area contributed by atoms with Crippen LogP contribution in [0.5, 0.6) is 0 Å². The molecule has 1 N–H and O–H groups in total. The van der Waals surface area contributed by atoms with Crippen molar-refractivity contribution in [2.75, 3.05) is 0 Å². The van der Waals surface area contributed by atoms with Crippen molar-refractivity contribution in [3.05, 3.63) is 35.1 Å². The molecule has 0 aliphatic carbocycles. The SMILES string of the molecule is CC(C)NCc1nnc(-c2ccc(F)cc2)s1. The number of rotatable bonds is 4. The van der Waals surface area contributed by atoms with Crippen LogP contribution in [-0.4, -0.2) is 16.2 Å². The number of benzene rings is 1. The van der Waals surface area contributed by atoms with E-state index in [1.165, 1.54) is 23.5 Å². The second-order valence-electron chi connectivity index (χ2n) is 4.04. The van der Waals surface area contributed by atoms with Gasteiger partial charge < -0.3 is 5.32 Å². The Morgan fingerprint density at radius 2 is 1.94 bits per heavy atom. The highest BCUT2D eigenvalue weighted by Crippen LogP contribution is 2.23. The average molecular weight is 251 g/mol. The van der Waals surface area contributed by atoms with E-state index < -0.39 is 0 Å². The van der Waals surface area contributed by atoms with Crippen LogP contribution >= 0.6 is 11.3 Å². The number of nitrogens with one attached hydrogen (secondary N) is 1. The number of halogens is 1. The van der Waals surface area contributed by atoms with E-state index in [2.05, 4.69) is 29.4 Å².